The number of hydrogen-bond donors (Lipinski definition) is 3. The van der Waals surface area contributed by atoms with Gasteiger partial charge in [-0.05, 0) is 18.1 Å². The maximum Gasteiger partial charge on any atom is 0.307 e. The number of benzene rings is 1. The zero-order valence-electron chi connectivity index (χ0n) is 11.5. The lowest BCUT2D eigenvalue weighted by Crippen LogP contribution is -2.20. The van der Waals surface area contributed by atoms with E-state index in [0.29, 0.717) is 5.75 Å². The first-order valence-corrected chi connectivity index (χ1v) is 7.29. The second kappa shape index (κ2) is 8.11. The third-order valence-electron chi connectivity index (χ3n) is 2.82. The first-order chi connectivity index (χ1) is 9.81. The zero-order chi connectivity index (χ0) is 16.0. The summed E-state index contributed by atoms with van der Waals surface area (Å²) in [4.78, 5) is 21.3. The van der Waals surface area contributed by atoms with Crippen molar-refractivity contribution in [1.82, 2.24) is 0 Å². The summed E-state index contributed by atoms with van der Waals surface area (Å²) in [5, 5.41) is 28.2. The Morgan fingerprint density at radius 3 is 2.52 bits per heavy atom. The van der Waals surface area contributed by atoms with Crippen LogP contribution in [0.2, 0.25) is 0 Å². The molecular formula is C14H17FO5S. The van der Waals surface area contributed by atoms with Crippen molar-refractivity contribution < 1.29 is 29.3 Å². The van der Waals surface area contributed by atoms with E-state index >= 15 is 0 Å². The summed E-state index contributed by atoms with van der Waals surface area (Å²) in [6, 6.07) is 3.69. The van der Waals surface area contributed by atoms with Crippen LogP contribution in [-0.2, 0) is 16.0 Å². The van der Waals surface area contributed by atoms with Crippen LogP contribution >= 0.6 is 11.8 Å². The van der Waals surface area contributed by atoms with E-state index in [9.17, 15) is 24.2 Å². The number of carboxylic acids is 1. The standard InChI is InChI=1S/C14H17FO5S/c1-8(16)21-5-4-12(17)14(20)10-3-2-9(6-11(10)15)7-13(18)19/h2-3,6,12,14,17,20H,4-5,7H2,1H3,(H,18,19). The quantitative estimate of drug-likeness (QED) is 0.706. The molecule has 7 heteroatoms. The number of aliphatic hydroxyl groups excluding tert-OH is 2. The molecule has 0 spiro atoms. The van der Waals surface area contributed by atoms with Crippen LogP contribution in [0.4, 0.5) is 4.39 Å². The minimum atomic E-state index is -1.42. The Hall–Kier alpha value is -1.44. The molecule has 1 aromatic rings. The summed E-state index contributed by atoms with van der Waals surface area (Å²) >= 11 is 1.02. The van der Waals surface area contributed by atoms with E-state index in [4.69, 9.17) is 5.11 Å². The van der Waals surface area contributed by atoms with Gasteiger partial charge >= 0.3 is 5.97 Å². The highest BCUT2D eigenvalue weighted by Gasteiger charge is 2.22. The summed E-state index contributed by atoms with van der Waals surface area (Å²) in [5.41, 5.74) is 0.182. The van der Waals surface area contributed by atoms with E-state index in [0.717, 1.165) is 17.8 Å². The first-order valence-electron chi connectivity index (χ1n) is 6.31. The highest BCUT2D eigenvalue weighted by molar-refractivity contribution is 8.13. The Labute approximate surface area is 125 Å². The normalized spacial score (nSPS) is 13.7. The van der Waals surface area contributed by atoms with Gasteiger partial charge in [0.25, 0.3) is 0 Å². The molecule has 0 amide bonds. The van der Waals surface area contributed by atoms with E-state index < -0.39 is 24.0 Å². The van der Waals surface area contributed by atoms with Crippen molar-refractivity contribution in [3.05, 3.63) is 35.1 Å². The number of thioether (sulfide) groups is 1. The van der Waals surface area contributed by atoms with Crippen molar-refractivity contribution in [2.75, 3.05) is 5.75 Å². The van der Waals surface area contributed by atoms with Gasteiger partial charge in [0.1, 0.15) is 11.9 Å². The molecule has 116 valence electrons. The van der Waals surface area contributed by atoms with Crippen molar-refractivity contribution in [3.63, 3.8) is 0 Å². The second-order valence-corrected chi connectivity index (χ2v) is 5.84. The SMILES string of the molecule is CC(=O)SCCC(O)C(O)c1ccc(CC(=O)O)cc1F. The van der Waals surface area contributed by atoms with E-state index in [1.165, 1.54) is 19.1 Å². The Kier molecular flexibility index (Phi) is 6.80. The number of aliphatic carboxylic acids is 1. The van der Waals surface area contributed by atoms with Crippen molar-refractivity contribution in [1.29, 1.82) is 0 Å². The Bertz CT molecular complexity index is 520. The molecule has 2 unspecified atom stereocenters. The molecule has 0 aliphatic heterocycles. The molecule has 21 heavy (non-hydrogen) atoms. The molecule has 0 bridgehead atoms. The van der Waals surface area contributed by atoms with Gasteiger partial charge in [-0.1, -0.05) is 23.9 Å². The van der Waals surface area contributed by atoms with E-state index in [2.05, 4.69) is 0 Å². The van der Waals surface area contributed by atoms with E-state index in [1.807, 2.05) is 0 Å². The smallest absolute Gasteiger partial charge is 0.307 e. The van der Waals surface area contributed by atoms with Gasteiger partial charge < -0.3 is 15.3 Å². The summed E-state index contributed by atoms with van der Waals surface area (Å²) in [7, 11) is 0. The number of halogens is 1. The lowest BCUT2D eigenvalue weighted by molar-refractivity contribution is -0.136. The monoisotopic (exact) mass is 316 g/mol. The number of carboxylic acid groups (broad SMARTS) is 1. The van der Waals surface area contributed by atoms with Crippen molar-refractivity contribution in [3.8, 4) is 0 Å². The van der Waals surface area contributed by atoms with Crippen molar-refractivity contribution in [2.24, 2.45) is 0 Å². The Morgan fingerprint density at radius 1 is 1.33 bits per heavy atom. The molecule has 1 aromatic carbocycles. The predicted octanol–water partition coefficient (Wildman–Crippen LogP) is 1.52. The predicted molar refractivity (Wildman–Crippen MR) is 76.5 cm³/mol. The number of aliphatic hydroxyl groups is 2. The van der Waals surface area contributed by atoms with Gasteiger partial charge in [0.2, 0.25) is 0 Å². The third-order valence-corrected chi connectivity index (χ3v) is 3.67. The average Bonchev–Trinajstić information content (AvgIpc) is 2.36. The molecule has 3 N–H and O–H groups in total. The number of hydrogen-bond acceptors (Lipinski definition) is 5. The van der Waals surface area contributed by atoms with Crippen molar-refractivity contribution >= 4 is 22.8 Å². The Morgan fingerprint density at radius 2 is 2.00 bits per heavy atom. The maximum absolute atomic E-state index is 13.8. The molecule has 0 heterocycles. The summed E-state index contributed by atoms with van der Waals surface area (Å²) in [6.45, 7) is 1.40. The highest BCUT2D eigenvalue weighted by Crippen LogP contribution is 2.24. The van der Waals surface area contributed by atoms with E-state index in [-0.39, 0.29) is 29.1 Å². The van der Waals surface area contributed by atoms with Crippen LogP contribution in [0.5, 0.6) is 0 Å². The van der Waals surface area contributed by atoms with Crippen LogP contribution in [0.3, 0.4) is 0 Å². The number of rotatable bonds is 7. The molecule has 0 fully saturated rings. The molecular weight excluding hydrogens is 299 g/mol. The zero-order valence-corrected chi connectivity index (χ0v) is 12.3. The van der Waals surface area contributed by atoms with Gasteiger partial charge in [-0.2, -0.15) is 0 Å². The summed E-state index contributed by atoms with van der Waals surface area (Å²) in [5.74, 6) is -1.52. The van der Waals surface area contributed by atoms with Gasteiger partial charge in [-0.3, -0.25) is 9.59 Å². The fourth-order valence-corrected chi connectivity index (χ4v) is 2.43. The molecule has 5 nitrogen and oxygen atoms in total. The lowest BCUT2D eigenvalue weighted by atomic mass is 10.00. The molecule has 0 saturated carbocycles. The van der Waals surface area contributed by atoms with Crippen LogP contribution < -0.4 is 0 Å². The molecule has 2 atom stereocenters. The minimum Gasteiger partial charge on any atom is -0.481 e. The van der Waals surface area contributed by atoms with Crippen LogP contribution in [-0.4, -0.2) is 38.3 Å². The summed E-state index contributed by atoms with van der Waals surface area (Å²) < 4.78 is 13.8. The lowest BCUT2D eigenvalue weighted by Gasteiger charge is -2.18. The van der Waals surface area contributed by atoms with Gasteiger partial charge in [0.05, 0.1) is 12.5 Å². The third kappa shape index (κ3) is 5.82. The molecule has 0 aliphatic carbocycles. The summed E-state index contributed by atoms with van der Waals surface area (Å²) in [6.07, 6.45) is -2.79. The van der Waals surface area contributed by atoms with Crippen LogP contribution in [0.25, 0.3) is 0 Å². The van der Waals surface area contributed by atoms with Gasteiger partial charge in [-0.15, -0.1) is 0 Å². The maximum atomic E-state index is 13.8. The Balaban J connectivity index is 2.70. The molecule has 0 saturated heterocycles. The van der Waals surface area contributed by atoms with Crippen LogP contribution in [0.15, 0.2) is 18.2 Å². The first kappa shape index (κ1) is 17.6. The fraction of sp³-hybridized carbons (Fsp3) is 0.429. The second-order valence-electron chi connectivity index (χ2n) is 4.57. The van der Waals surface area contributed by atoms with Crippen molar-refractivity contribution in [2.45, 2.75) is 32.0 Å². The van der Waals surface area contributed by atoms with Crippen LogP contribution in [0, 0.1) is 5.82 Å². The highest BCUT2D eigenvalue weighted by atomic mass is 32.2. The molecule has 0 aliphatic rings. The largest absolute Gasteiger partial charge is 0.481 e. The number of carbonyl (C=O) groups is 2. The van der Waals surface area contributed by atoms with E-state index in [1.54, 1.807) is 0 Å². The molecule has 1 rings (SSSR count). The van der Waals surface area contributed by atoms with Gasteiger partial charge in [0, 0.05) is 18.2 Å². The number of carbonyl (C=O) groups excluding carboxylic acids is 1. The average molecular weight is 316 g/mol. The molecule has 0 aromatic heterocycles. The fourth-order valence-electron chi connectivity index (χ4n) is 1.78. The topological polar surface area (TPSA) is 94.8 Å². The molecule has 0 radical (unpaired) electrons. The van der Waals surface area contributed by atoms with Gasteiger partial charge in [-0.25, -0.2) is 4.39 Å². The van der Waals surface area contributed by atoms with Crippen LogP contribution in [0.1, 0.15) is 30.6 Å². The van der Waals surface area contributed by atoms with Gasteiger partial charge in [0.15, 0.2) is 5.12 Å². The minimum absolute atomic E-state index is 0.0931.